The molecule has 0 radical (unpaired) electrons. The SMILES string of the molecule is C=CCN(CCC)c1ccc(C(C)N)cc1Cl. The van der Waals surface area contributed by atoms with Crippen molar-refractivity contribution in [3.8, 4) is 0 Å². The first-order valence-electron chi connectivity index (χ1n) is 6.01. The van der Waals surface area contributed by atoms with Gasteiger partial charge in [0.25, 0.3) is 0 Å². The maximum absolute atomic E-state index is 6.31. The summed E-state index contributed by atoms with van der Waals surface area (Å²) in [4.78, 5) is 2.22. The van der Waals surface area contributed by atoms with Crippen LogP contribution in [-0.4, -0.2) is 13.1 Å². The number of rotatable bonds is 6. The number of hydrogen-bond donors (Lipinski definition) is 1. The Morgan fingerprint density at radius 2 is 2.24 bits per heavy atom. The van der Waals surface area contributed by atoms with Gasteiger partial charge in [0.05, 0.1) is 10.7 Å². The molecule has 3 heteroatoms. The average molecular weight is 253 g/mol. The Labute approximate surface area is 109 Å². The minimum Gasteiger partial charge on any atom is -0.367 e. The van der Waals surface area contributed by atoms with Gasteiger partial charge in [-0.3, -0.25) is 0 Å². The molecule has 0 aliphatic heterocycles. The topological polar surface area (TPSA) is 29.3 Å². The van der Waals surface area contributed by atoms with Gasteiger partial charge in [-0.1, -0.05) is 30.7 Å². The van der Waals surface area contributed by atoms with Gasteiger partial charge in [0, 0.05) is 19.1 Å². The largest absolute Gasteiger partial charge is 0.367 e. The highest BCUT2D eigenvalue weighted by atomic mass is 35.5. The van der Waals surface area contributed by atoms with Crippen LogP contribution in [0.5, 0.6) is 0 Å². The fourth-order valence-corrected chi connectivity index (χ4v) is 2.11. The summed E-state index contributed by atoms with van der Waals surface area (Å²) < 4.78 is 0. The Bertz CT molecular complexity index is 374. The molecule has 0 aromatic heterocycles. The molecule has 1 unspecified atom stereocenters. The predicted molar refractivity (Wildman–Crippen MR) is 76.8 cm³/mol. The number of benzene rings is 1. The quantitative estimate of drug-likeness (QED) is 0.781. The molecule has 17 heavy (non-hydrogen) atoms. The van der Waals surface area contributed by atoms with Gasteiger partial charge < -0.3 is 10.6 Å². The van der Waals surface area contributed by atoms with Crippen LogP contribution in [-0.2, 0) is 0 Å². The van der Waals surface area contributed by atoms with E-state index in [1.807, 2.05) is 31.2 Å². The Hall–Kier alpha value is -0.990. The highest BCUT2D eigenvalue weighted by Crippen LogP contribution is 2.28. The number of anilines is 1. The number of nitrogens with zero attached hydrogens (tertiary/aromatic N) is 1. The standard InChI is InChI=1S/C14H21ClN2/c1-4-8-17(9-5-2)14-7-6-12(11(3)16)10-13(14)15/h4,6-7,10-11H,1,5,8-9,16H2,2-3H3. The predicted octanol–water partition coefficient (Wildman–Crippen LogP) is 3.76. The fraction of sp³-hybridized carbons (Fsp3) is 0.429. The van der Waals surface area contributed by atoms with Gasteiger partial charge in [0.2, 0.25) is 0 Å². The second kappa shape index (κ2) is 6.67. The number of nitrogens with two attached hydrogens (primary N) is 1. The van der Waals surface area contributed by atoms with Crippen LogP contribution in [0.4, 0.5) is 5.69 Å². The molecule has 0 fully saturated rings. The lowest BCUT2D eigenvalue weighted by Crippen LogP contribution is -2.24. The summed E-state index contributed by atoms with van der Waals surface area (Å²) in [6, 6.07) is 6.05. The third-order valence-electron chi connectivity index (χ3n) is 2.68. The van der Waals surface area contributed by atoms with Crippen molar-refractivity contribution in [3.63, 3.8) is 0 Å². The van der Waals surface area contributed by atoms with E-state index in [0.29, 0.717) is 0 Å². The molecule has 0 amide bonds. The highest BCUT2D eigenvalue weighted by Gasteiger charge is 2.10. The Balaban J connectivity index is 2.99. The zero-order chi connectivity index (χ0) is 12.8. The molecule has 0 aliphatic carbocycles. The Morgan fingerprint density at radius 1 is 1.53 bits per heavy atom. The first-order valence-corrected chi connectivity index (χ1v) is 6.38. The zero-order valence-corrected chi connectivity index (χ0v) is 11.4. The van der Waals surface area contributed by atoms with E-state index < -0.39 is 0 Å². The summed E-state index contributed by atoms with van der Waals surface area (Å²) in [6.07, 6.45) is 2.98. The molecule has 1 rings (SSSR count). The van der Waals surface area contributed by atoms with E-state index in [2.05, 4.69) is 18.4 Å². The van der Waals surface area contributed by atoms with E-state index in [0.717, 1.165) is 35.8 Å². The molecular weight excluding hydrogens is 232 g/mol. The van der Waals surface area contributed by atoms with E-state index in [1.54, 1.807) is 0 Å². The summed E-state index contributed by atoms with van der Waals surface area (Å²) in [5.41, 5.74) is 7.95. The van der Waals surface area contributed by atoms with Gasteiger partial charge in [0.1, 0.15) is 0 Å². The van der Waals surface area contributed by atoms with Crippen molar-refractivity contribution in [3.05, 3.63) is 41.4 Å². The smallest absolute Gasteiger partial charge is 0.0643 e. The molecule has 2 N–H and O–H groups in total. The number of halogens is 1. The summed E-state index contributed by atoms with van der Waals surface area (Å²) >= 11 is 6.31. The molecule has 1 atom stereocenters. The minimum absolute atomic E-state index is 0.0144. The van der Waals surface area contributed by atoms with E-state index in [-0.39, 0.29) is 6.04 Å². The van der Waals surface area contributed by atoms with Crippen molar-refractivity contribution in [2.75, 3.05) is 18.0 Å². The van der Waals surface area contributed by atoms with Crippen LogP contribution in [0, 0.1) is 0 Å². The van der Waals surface area contributed by atoms with Crippen LogP contribution < -0.4 is 10.6 Å². The first-order chi connectivity index (χ1) is 8.10. The van der Waals surface area contributed by atoms with Crippen LogP contribution in [0.15, 0.2) is 30.9 Å². The third-order valence-corrected chi connectivity index (χ3v) is 2.98. The molecule has 94 valence electrons. The van der Waals surface area contributed by atoms with E-state index >= 15 is 0 Å². The summed E-state index contributed by atoms with van der Waals surface area (Å²) in [6.45, 7) is 9.68. The van der Waals surface area contributed by atoms with E-state index in [4.69, 9.17) is 17.3 Å². The summed E-state index contributed by atoms with van der Waals surface area (Å²) in [5, 5.41) is 0.759. The molecule has 0 bridgehead atoms. The minimum atomic E-state index is 0.0144. The maximum atomic E-state index is 6.31. The summed E-state index contributed by atoms with van der Waals surface area (Å²) in [5.74, 6) is 0. The first kappa shape index (κ1) is 14.1. The molecule has 2 nitrogen and oxygen atoms in total. The van der Waals surface area contributed by atoms with E-state index in [9.17, 15) is 0 Å². The molecule has 1 aromatic rings. The zero-order valence-electron chi connectivity index (χ0n) is 10.6. The normalized spacial score (nSPS) is 12.2. The van der Waals surface area contributed by atoms with Crippen molar-refractivity contribution in [1.82, 2.24) is 0 Å². The average Bonchev–Trinajstić information content (AvgIpc) is 2.28. The van der Waals surface area contributed by atoms with Gasteiger partial charge in [-0.05, 0) is 31.0 Å². The van der Waals surface area contributed by atoms with Crippen molar-refractivity contribution in [1.29, 1.82) is 0 Å². The van der Waals surface area contributed by atoms with Crippen LogP contribution >= 0.6 is 11.6 Å². The molecular formula is C14H21ClN2. The fourth-order valence-electron chi connectivity index (χ4n) is 1.80. The van der Waals surface area contributed by atoms with Crippen LogP contribution in [0.1, 0.15) is 31.9 Å². The summed E-state index contributed by atoms with van der Waals surface area (Å²) in [7, 11) is 0. The van der Waals surface area contributed by atoms with Gasteiger partial charge in [-0.25, -0.2) is 0 Å². The van der Waals surface area contributed by atoms with Crippen molar-refractivity contribution < 1.29 is 0 Å². The number of hydrogen-bond acceptors (Lipinski definition) is 2. The molecule has 1 aromatic carbocycles. The third kappa shape index (κ3) is 3.76. The van der Waals surface area contributed by atoms with Crippen LogP contribution in [0.3, 0.4) is 0 Å². The van der Waals surface area contributed by atoms with Crippen molar-refractivity contribution >= 4 is 17.3 Å². The van der Waals surface area contributed by atoms with Gasteiger partial charge in [-0.15, -0.1) is 6.58 Å². The second-order valence-corrected chi connectivity index (χ2v) is 4.64. The Kier molecular flexibility index (Phi) is 5.52. The molecule has 0 aliphatic rings. The maximum Gasteiger partial charge on any atom is 0.0643 e. The van der Waals surface area contributed by atoms with Crippen molar-refractivity contribution in [2.45, 2.75) is 26.3 Å². The second-order valence-electron chi connectivity index (χ2n) is 4.23. The highest BCUT2D eigenvalue weighted by molar-refractivity contribution is 6.33. The van der Waals surface area contributed by atoms with Gasteiger partial charge in [-0.2, -0.15) is 0 Å². The van der Waals surface area contributed by atoms with Gasteiger partial charge in [0.15, 0.2) is 0 Å². The lowest BCUT2D eigenvalue weighted by molar-refractivity contribution is 0.806. The monoisotopic (exact) mass is 252 g/mol. The molecule has 0 saturated carbocycles. The Morgan fingerprint density at radius 3 is 2.71 bits per heavy atom. The van der Waals surface area contributed by atoms with Crippen LogP contribution in [0.2, 0.25) is 5.02 Å². The lowest BCUT2D eigenvalue weighted by Gasteiger charge is -2.24. The lowest BCUT2D eigenvalue weighted by atomic mass is 10.1. The van der Waals surface area contributed by atoms with Crippen LogP contribution in [0.25, 0.3) is 0 Å². The van der Waals surface area contributed by atoms with Crippen molar-refractivity contribution in [2.24, 2.45) is 5.73 Å². The molecule has 0 saturated heterocycles. The van der Waals surface area contributed by atoms with Gasteiger partial charge >= 0.3 is 0 Å². The van der Waals surface area contributed by atoms with E-state index in [1.165, 1.54) is 0 Å². The molecule has 0 heterocycles. The molecule has 0 spiro atoms.